The van der Waals surface area contributed by atoms with E-state index in [0.29, 0.717) is 21.9 Å². The van der Waals surface area contributed by atoms with Gasteiger partial charge in [0.25, 0.3) is 5.91 Å². The van der Waals surface area contributed by atoms with Gasteiger partial charge in [-0.2, -0.15) is 0 Å². The van der Waals surface area contributed by atoms with Gasteiger partial charge in [0.1, 0.15) is 4.88 Å². The highest BCUT2D eigenvalue weighted by atomic mass is 32.1. The molecule has 0 unspecified atom stereocenters. The van der Waals surface area contributed by atoms with Crippen LogP contribution in [0, 0.1) is 5.41 Å². The molecule has 0 aliphatic heterocycles. The van der Waals surface area contributed by atoms with Crippen molar-refractivity contribution in [2.45, 2.75) is 44.9 Å². The van der Waals surface area contributed by atoms with Gasteiger partial charge in [-0.05, 0) is 43.4 Å². The summed E-state index contributed by atoms with van der Waals surface area (Å²) in [6, 6.07) is 0. The van der Waals surface area contributed by atoms with E-state index in [-0.39, 0.29) is 0 Å². The summed E-state index contributed by atoms with van der Waals surface area (Å²) < 4.78 is 0. The molecule has 2 aliphatic rings. The molecule has 0 radical (unpaired) electrons. The van der Waals surface area contributed by atoms with E-state index in [4.69, 9.17) is 11.5 Å². The lowest BCUT2D eigenvalue weighted by Gasteiger charge is -2.14. The highest BCUT2D eigenvalue weighted by Crippen LogP contribution is 2.52. The van der Waals surface area contributed by atoms with Gasteiger partial charge in [0.05, 0.1) is 10.7 Å². The molecule has 4 nitrogen and oxygen atoms in total. The standard InChI is InChI=1S/C14H21N3OS/c1-2-14(5-6-14)7-17-13-9(8-3-4-8)10(15)11(19-13)12(16)18/h8,17H,2-7,15H2,1H3,(H2,16,18). The molecule has 104 valence electrons. The first kappa shape index (κ1) is 12.8. The average Bonchev–Trinajstić information content (AvgIpc) is 3.28. The second-order valence-electron chi connectivity index (χ2n) is 5.93. The van der Waals surface area contributed by atoms with Gasteiger partial charge in [-0.25, -0.2) is 0 Å². The quantitative estimate of drug-likeness (QED) is 0.749. The fourth-order valence-electron chi connectivity index (χ4n) is 2.65. The molecule has 2 saturated carbocycles. The molecule has 3 rings (SSSR count). The van der Waals surface area contributed by atoms with Crippen molar-refractivity contribution in [3.8, 4) is 0 Å². The third kappa shape index (κ3) is 2.31. The van der Waals surface area contributed by atoms with Gasteiger partial charge in [-0.1, -0.05) is 6.92 Å². The highest BCUT2D eigenvalue weighted by Gasteiger charge is 2.41. The number of hydrogen-bond donors (Lipinski definition) is 3. The number of anilines is 2. The van der Waals surface area contributed by atoms with E-state index in [0.717, 1.165) is 17.1 Å². The van der Waals surface area contributed by atoms with E-state index in [2.05, 4.69) is 12.2 Å². The summed E-state index contributed by atoms with van der Waals surface area (Å²) in [5.41, 5.74) is 13.7. The summed E-state index contributed by atoms with van der Waals surface area (Å²) in [6.45, 7) is 3.23. The summed E-state index contributed by atoms with van der Waals surface area (Å²) in [5, 5.41) is 4.61. The van der Waals surface area contributed by atoms with Crippen LogP contribution in [0.5, 0.6) is 0 Å². The number of hydrogen-bond acceptors (Lipinski definition) is 4. The summed E-state index contributed by atoms with van der Waals surface area (Å²) >= 11 is 1.43. The lowest BCUT2D eigenvalue weighted by molar-refractivity contribution is 0.100. The number of carbonyl (C=O) groups is 1. The molecule has 2 aliphatic carbocycles. The smallest absolute Gasteiger partial charge is 0.260 e. The van der Waals surface area contributed by atoms with Crippen molar-refractivity contribution in [3.63, 3.8) is 0 Å². The molecule has 1 heterocycles. The number of nitrogens with one attached hydrogen (secondary N) is 1. The van der Waals surface area contributed by atoms with Crippen LogP contribution in [0.15, 0.2) is 0 Å². The minimum atomic E-state index is -0.408. The van der Waals surface area contributed by atoms with E-state index in [9.17, 15) is 4.79 Å². The Kier molecular flexibility index (Phi) is 2.96. The lowest BCUT2D eigenvalue weighted by atomic mass is 10.0. The number of nitrogen functional groups attached to an aromatic ring is 1. The normalized spacial score (nSPS) is 20.3. The van der Waals surface area contributed by atoms with Crippen LogP contribution < -0.4 is 16.8 Å². The maximum Gasteiger partial charge on any atom is 0.260 e. The number of rotatable bonds is 6. The largest absolute Gasteiger partial charge is 0.397 e. The first-order valence-electron chi connectivity index (χ1n) is 7.02. The van der Waals surface area contributed by atoms with Crippen molar-refractivity contribution < 1.29 is 4.79 Å². The van der Waals surface area contributed by atoms with Gasteiger partial charge in [0, 0.05) is 12.1 Å². The van der Waals surface area contributed by atoms with Crippen LogP contribution in [0.2, 0.25) is 0 Å². The van der Waals surface area contributed by atoms with E-state index in [1.54, 1.807) is 0 Å². The number of carbonyl (C=O) groups excluding carboxylic acids is 1. The van der Waals surface area contributed by atoms with Gasteiger partial charge in [0.15, 0.2) is 0 Å². The molecule has 19 heavy (non-hydrogen) atoms. The number of primary amides is 1. The average molecular weight is 279 g/mol. The lowest BCUT2D eigenvalue weighted by Crippen LogP contribution is -2.14. The van der Waals surface area contributed by atoms with Gasteiger partial charge in [-0.15, -0.1) is 11.3 Å². The summed E-state index contributed by atoms with van der Waals surface area (Å²) in [4.78, 5) is 11.9. The fourth-order valence-corrected chi connectivity index (χ4v) is 3.70. The molecular formula is C14H21N3OS. The summed E-state index contributed by atoms with van der Waals surface area (Å²) in [5.74, 6) is 0.123. The Hall–Kier alpha value is -1.23. The topological polar surface area (TPSA) is 81.1 Å². The van der Waals surface area contributed by atoms with Gasteiger partial charge >= 0.3 is 0 Å². The van der Waals surface area contributed by atoms with Crippen molar-refractivity contribution in [2.75, 3.05) is 17.6 Å². The maximum atomic E-state index is 11.4. The minimum Gasteiger partial charge on any atom is -0.397 e. The third-order valence-corrected chi connectivity index (χ3v) is 5.72. The Labute approximate surface area is 117 Å². The van der Waals surface area contributed by atoms with Crippen LogP contribution in [0.25, 0.3) is 0 Å². The van der Waals surface area contributed by atoms with Crippen molar-refractivity contribution in [1.82, 2.24) is 0 Å². The Morgan fingerprint density at radius 3 is 2.63 bits per heavy atom. The fraction of sp³-hybridized carbons (Fsp3) is 0.643. The van der Waals surface area contributed by atoms with E-state index < -0.39 is 5.91 Å². The molecule has 5 N–H and O–H groups in total. The predicted octanol–water partition coefficient (Wildman–Crippen LogP) is 2.91. The number of thiophene rings is 1. The Bertz CT molecular complexity index is 515. The molecule has 0 aromatic carbocycles. The summed E-state index contributed by atoms with van der Waals surface area (Å²) in [7, 11) is 0. The van der Waals surface area contributed by atoms with Crippen molar-refractivity contribution in [1.29, 1.82) is 0 Å². The van der Waals surface area contributed by atoms with E-state index in [1.165, 1.54) is 43.4 Å². The highest BCUT2D eigenvalue weighted by molar-refractivity contribution is 7.18. The van der Waals surface area contributed by atoms with Gasteiger partial charge < -0.3 is 16.8 Å². The zero-order valence-corrected chi connectivity index (χ0v) is 12.1. The first-order chi connectivity index (χ1) is 9.06. The second kappa shape index (κ2) is 4.40. The third-order valence-electron chi connectivity index (χ3n) is 4.52. The van der Waals surface area contributed by atoms with Crippen LogP contribution >= 0.6 is 11.3 Å². The van der Waals surface area contributed by atoms with Crippen LogP contribution in [0.3, 0.4) is 0 Å². The summed E-state index contributed by atoms with van der Waals surface area (Å²) in [6.07, 6.45) is 6.17. The monoisotopic (exact) mass is 279 g/mol. The molecule has 1 amide bonds. The molecular weight excluding hydrogens is 258 g/mol. The molecule has 0 spiro atoms. The Morgan fingerprint density at radius 2 is 2.16 bits per heavy atom. The van der Waals surface area contributed by atoms with Crippen LogP contribution in [0.1, 0.15) is 60.2 Å². The Morgan fingerprint density at radius 1 is 1.47 bits per heavy atom. The predicted molar refractivity (Wildman–Crippen MR) is 79.7 cm³/mol. The molecule has 0 atom stereocenters. The zero-order chi connectivity index (χ0) is 13.6. The van der Waals surface area contributed by atoms with E-state index in [1.807, 2.05) is 0 Å². The van der Waals surface area contributed by atoms with Crippen LogP contribution in [-0.4, -0.2) is 12.5 Å². The molecule has 0 saturated heterocycles. The molecule has 1 aromatic heterocycles. The number of amides is 1. The van der Waals surface area contributed by atoms with Crippen LogP contribution in [0.4, 0.5) is 10.7 Å². The first-order valence-corrected chi connectivity index (χ1v) is 7.84. The molecule has 5 heteroatoms. The molecule has 1 aromatic rings. The van der Waals surface area contributed by atoms with Crippen molar-refractivity contribution in [2.24, 2.45) is 11.1 Å². The Balaban J connectivity index is 1.83. The number of nitrogens with two attached hydrogens (primary N) is 2. The molecule has 2 fully saturated rings. The van der Waals surface area contributed by atoms with Gasteiger partial charge in [-0.3, -0.25) is 4.79 Å². The molecule has 0 bridgehead atoms. The van der Waals surface area contributed by atoms with Crippen molar-refractivity contribution >= 4 is 27.9 Å². The maximum absolute atomic E-state index is 11.4. The minimum absolute atomic E-state index is 0.408. The van der Waals surface area contributed by atoms with Crippen molar-refractivity contribution in [3.05, 3.63) is 10.4 Å². The van der Waals surface area contributed by atoms with Gasteiger partial charge in [0.2, 0.25) is 0 Å². The second-order valence-corrected chi connectivity index (χ2v) is 6.95. The zero-order valence-electron chi connectivity index (χ0n) is 11.3. The van der Waals surface area contributed by atoms with Crippen LogP contribution in [-0.2, 0) is 0 Å². The van der Waals surface area contributed by atoms with E-state index >= 15 is 0 Å². The SMILES string of the molecule is CCC1(CNc2sc(C(N)=O)c(N)c2C2CC2)CC1.